The van der Waals surface area contributed by atoms with Gasteiger partial charge in [-0.15, -0.1) is 0 Å². The molecule has 0 aromatic carbocycles. The molecule has 0 bridgehead atoms. The Balaban J connectivity index is 0.000000301. The first-order valence-corrected chi connectivity index (χ1v) is 10.9. The Kier molecular flexibility index (Phi) is 10.5. The van der Waals surface area contributed by atoms with E-state index in [-0.39, 0.29) is 17.6 Å². The van der Waals surface area contributed by atoms with Gasteiger partial charge in [0.1, 0.15) is 6.10 Å². The molecule has 0 saturated carbocycles. The minimum Gasteiger partial charge on any atom is -0.475 e. The molecule has 0 unspecified atom stereocenters. The van der Waals surface area contributed by atoms with Gasteiger partial charge in [-0.1, -0.05) is 0 Å². The fourth-order valence-electron chi connectivity index (χ4n) is 3.74. The number of rotatable bonds is 4. The topological polar surface area (TPSA) is 122 Å². The van der Waals surface area contributed by atoms with Gasteiger partial charge in [0.15, 0.2) is 5.82 Å². The summed E-state index contributed by atoms with van der Waals surface area (Å²) in [6.07, 6.45) is -2.42. The number of carboxylic acid groups (broad SMARTS) is 2. The van der Waals surface area contributed by atoms with Gasteiger partial charge >= 0.3 is 24.3 Å². The average Bonchev–Trinajstić information content (AvgIpc) is 3.45. The van der Waals surface area contributed by atoms with Gasteiger partial charge in [0, 0.05) is 31.3 Å². The average molecular weight is 560 g/mol. The third-order valence-corrected chi connectivity index (χ3v) is 5.27. The molecule has 9 nitrogen and oxygen atoms in total. The van der Waals surface area contributed by atoms with Crippen molar-refractivity contribution in [1.29, 1.82) is 0 Å². The number of furan rings is 1. The lowest BCUT2D eigenvalue weighted by Crippen LogP contribution is -2.47. The molecule has 38 heavy (non-hydrogen) atoms. The van der Waals surface area contributed by atoms with Gasteiger partial charge in [-0.05, 0) is 37.6 Å². The third-order valence-electron chi connectivity index (χ3n) is 5.27. The fraction of sp³-hybridized carbons (Fsp3) is 0.500. The molecule has 2 atom stereocenters. The van der Waals surface area contributed by atoms with Crippen LogP contribution in [0.25, 0.3) is 0 Å². The van der Waals surface area contributed by atoms with Crippen LogP contribution in [0.1, 0.15) is 24.8 Å². The van der Waals surface area contributed by atoms with E-state index in [9.17, 15) is 30.7 Å². The largest absolute Gasteiger partial charge is 0.490 e. The van der Waals surface area contributed by atoms with Gasteiger partial charge in [0.25, 0.3) is 5.88 Å². The van der Waals surface area contributed by atoms with E-state index in [1.807, 2.05) is 6.07 Å². The number of piperidine rings is 1. The molecule has 1 spiro atoms. The third kappa shape index (κ3) is 9.81. The summed E-state index contributed by atoms with van der Waals surface area (Å²) in [5.74, 6) is -5.88. The molecule has 2 aromatic rings. The van der Waals surface area contributed by atoms with Gasteiger partial charge in [0.05, 0.1) is 24.7 Å². The van der Waals surface area contributed by atoms with Gasteiger partial charge in [-0.3, -0.25) is 4.90 Å². The molecule has 212 valence electrons. The van der Waals surface area contributed by atoms with Gasteiger partial charge in [0.2, 0.25) is 0 Å². The van der Waals surface area contributed by atoms with Gasteiger partial charge in [-0.25, -0.2) is 19.0 Å². The number of alkyl halides is 6. The lowest BCUT2D eigenvalue weighted by molar-refractivity contribution is -0.193. The standard InChI is InChI=1S/C18H21FN2O3.2C2HF3O2/c19-16-3-1-6-20-17(16)24-15-9-18(23-12-15)5-2-7-21(13-18)10-14-4-8-22-11-14;2*3-2(4,5)1(6)7/h1,3-4,6,8,11,15H,2,5,7,9-10,12-13H2;2*(H,6,7)/t15-,18+;;/m1../s1. The molecule has 2 aromatic heterocycles. The predicted octanol–water partition coefficient (Wildman–Crippen LogP) is 4.28. The molecular formula is C22H23F7N2O7. The molecular weight excluding hydrogens is 537 g/mol. The highest BCUT2D eigenvalue weighted by Gasteiger charge is 2.44. The van der Waals surface area contributed by atoms with E-state index in [4.69, 9.17) is 33.7 Å². The zero-order valence-corrected chi connectivity index (χ0v) is 19.5. The fourth-order valence-corrected chi connectivity index (χ4v) is 3.74. The summed E-state index contributed by atoms with van der Waals surface area (Å²) in [6, 6.07) is 4.91. The molecule has 2 N–H and O–H groups in total. The van der Waals surface area contributed by atoms with Crippen LogP contribution in [0.15, 0.2) is 41.3 Å². The smallest absolute Gasteiger partial charge is 0.475 e. The Labute approximate surface area is 210 Å². The number of carbonyl (C=O) groups is 2. The van der Waals surface area contributed by atoms with Crippen LogP contribution in [0, 0.1) is 5.82 Å². The van der Waals surface area contributed by atoms with Crippen LogP contribution < -0.4 is 4.74 Å². The van der Waals surface area contributed by atoms with Crippen molar-refractivity contribution in [2.24, 2.45) is 0 Å². The molecule has 2 aliphatic heterocycles. The summed E-state index contributed by atoms with van der Waals surface area (Å²) in [5, 5.41) is 14.2. The molecule has 4 rings (SSSR count). The molecule has 0 amide bonds. The lowest BCUT2D eigenvalue weighted by Gasteiger charge is -2.39. The number of hydrogen-bond acceptors (Lipinski definition) is 7. The maximum Gasteiger partial charge on any atom is 0.490 e. The number of pyridine rings is 1. The molecule has 4 heterocycles. The van der Waals surface area contributed by atoms with Crippen molar-refractivity contribution >= 4 is 11.9 Å². The molecule has 16 heteroatoms. The number of aliphatic carboxylic acids is 2. The lowest BCUT2D eigenvalue weighted by atomic mass is 9.89. The van der Waals surface area contributed by atoms with E-state index >= 15 is 0 Å². The zero-order valence-electron chi connectivity index (χ0n) is 19.5. The highest BCUT2D eigenvalue weighted by Crippen LogP contribution is 2.36. The number of nitrogens with zero attached hydrogens (tertiary/aromatic N) is 2. The zero-order chi connectivity index (χ0) is 28.6. The Bertz CT molecular complexity index is 1020. The summed E-state index contributed by atoms with van der Waals surface area (Å²) in [5.41, 5.74) is 0.978. The Morgan fingerprint density at radius 2 is 1.76 bits per heavy atom. The minimum absolute atomic E-state index is 0.0641. The Hall–Kier alpha value is -3.40. The van der Waals surface area contributed by atoms with Gasteiger partial charge < -0.3 is 24.1 Å². The van der Waals surface area contributed by atoms with E-state index in [1.165, 1.54) is 17.8 Å². The van der Waals surface area contributed by atoms with Crippen molar-refractivity contribution in [1.82, 2.24) is 9.88 Å². The van der Waals surface area contributed by atoms with Crippen molar-refractivity contribution in [2.75, 3.05) is 19.7 Å². The first-order valence-electron chi connectivity index (χ1n) is 10.9. The first-order chi connectivity index (χ1) is 17.6. The maximum atomic E-state index is 13.7. The van der Waals surface area contributed by atoms with Crippen LogP contribution in [-0.4, -0.2) is 75.8 Å². The van der Waals surface area contributed by atoms with E-state index in [0.29, 0.717) is 6.61 Å². The molecule has 0 radical (unpaired) electrons. The summed E-state index contributed by atoms with van der Waals surface area (Å²) in [6.45, 7) is 3.26. The van der Waals surface area contributed by atoms with Gasteiger partial charge in [-0.2, -0.15) is 26.3 Å². The minimum atomic E-state index is -5.08. The Morgan fingerprint density at radius 3 is 2.29 bits per heavy atom. The van der Waals surface area contributed by atoms with Crippen molar-refractivity contribution in [3.8, 4) is 5.88 Å². The van der Waals surface area contributed by atoms with Crippen LogP contribution in [0.4, 0.5) is 30.7 Å². The van der Waals surface area contributed by atoms with Crippen LogP contribution in [0.3, 0.4) is 0 Å². The SMILES string of the molecule is Fc1cccnc1O[C@H]1CO[C@@]2(CCCN(Cc3ccoc3)C2)C1.O=C(O)C(F)(F)F.O=C(O)C(F)(F)F. The van der Waals surface area contributed by atoms with Crippen LogP contribution in [0.2, 0.25) is 0 Å². The summed E-state index contributed by atoms with van der Waals surface area (Å²) in [7, 11) is 0. The van der Waals surface area contributed by atoms with E-state index in [0.717, 1.165) is 38.9 Å². The second kappa shape index (κ2) is 12.9. The highest BCUT2D eigenvalue weighted by atomic mass is 19.4. The number of hydrogen-bond donors (Lipinski definition) is 2. The normalized spacial score (nSPS) is 21.6. The molecule has 2 fully saturated rings. The van der Waals surface area contributed by atoms with Crippen molar-refractivity contribution in [2.45, 2.75) is 49.9 Å². The second-order valence-corrected chi connectivity index (χ2v) is 8.28. The second-order valence-electron chi connectivity index (χ2n) is 8.28. The molecule has 2 saturated heterocycles. The summed E-state index contributed by atoms with van der Waals surface area (Å²) < 4.78 is 94.2. The van der Waals surface area contributed by atoms with Crippen molar-refractivity contribution in [3.05, 3.63) is 48.3 Å². The van der Waals surface area contributed by atoms with E-state index in [2.05, 4.69) is 9.88 Å². The number of ether oxygens (including phenoxy) is 2. The highest BCUT2D eigenvalue weighted by molar-refractivity contribution is 5.73. The van der Waals surface area contributed by atoms with Crippen LogP contribution in [0.5, 0.6) is 5.88 Å². The van der Waals surface area contributed by atoms with Crippen molar-refractivity contribution in [3.63, 3.8) is 0 Å². The molecule has 2 aliphatic rings. The monoisotopic (exact) mass is 560 g/mol. The quantitative estimate of drug-likeness (QED) is 0.528. The van der Waals surface area contributed by atoms with E-state index in [1.54, 1.807) is 18.6 Å². The molecule has 0 aliphatic carbocycles. The first kappa shape index (κ1) is 30.8. The van der Waals surface area contributed by atoms with Crippen LogP contribution >= 0.6 is 0 Å². The summed E-state index contributed by atoms with van der Waals surface area (Å²) in [4.78, 5) is 24.1. The summed E-state index contributed by atoms with van der Waals surface area (Å²) >= 11 is 0. The number of likely N-dealkylation sites (tertiary alicyclic amines) is 1. The van der Waals surface area contributed by atoms with E-state index < -0.39 is 30.1 Å². The number of aromatic nitrogens is 1. The number of halogens is 7. The van der Waals surface area contributed by atoms with Crippen LogP contribution in [-0.2, 0) is 20.9 Å². The maximum absolute atomic E-state index is 13.7. The van der Waals surface area contributed by atoms with Crippen molar-refractivity contribution < 1.29 is 64.4 Å². The Morgan fingerprint density at radius 1 is 1.13 bits per heavy atom. The predicted molar refractivity (Wildman–Crippen MR) is 113 cm³/mol. The number of carboxylic acids is 2.